The minimum Gasteiger partial charge on any atom is -0.454 e. The van der Waals surface area contributed by atoms with Crippen molar-refractivity contribution in [3.8, 4) is 23.0 Å². The van der Waals surface area contributed by atoms with Crippen LogP contribution in [0.5, 0.6) is 23.0 Å². The SMILES string of the molecule is OC1OC(Cc2ccc3c(c2)OCO3)C2(O)COC(Cc3ccc4c(c3)OCO4)C12. The summed E-state index contributed by atoms with van der Waals surface area (Å²) in [6, 6.07) is 11.4. The normalized spacial score (nSPS) is 33.1. The molecule has 4 heterocycles. The van der Waals surface area contributed by atoms with Crippen LogP contribution in [0.3, 0.4) is 0 Å². The molecule has 0 aliphatic carbocycles. The molecule has 8 heteroatoms. The maximum atomic E-state index is 11.4. The molecule has 5 unspecified atom stereocenters. The van der Waals surface area contributed by atoms with Gasteiger partial charge < -0.3 is 38.6 Å². The molecule has 0 amide bonds. The summed E-state index contributed by atoms with van der Waals surface area (Å²) in [5.41, 5.74) is 0.654. The molecule has 4 aliphatic heterocycles. The fourth-order valence-corrected chi connectivity index (χ4v) is 4.86. The Bertz CT molecular complexity index is 978. The average Bonchev–Trinajstić information content (AvgIpc) is 3.48. The van der Waals surface area contributed by atoms with Crippen LogP contribution >= 0.6 is 0 Å². The van der Waals surface area contributed by atoms with Gasteiger partial charge in [-0.15, -0.1) is 0 Å². The minimum atomic E-state index is -1.27. The predicted molar refractivity (Wildman–Crippen MR) is 102 cm³/mol. The number of hydrogen-bond donors (Lipinski definition) is 2. The van der Waals surface area contributed by atoms with E-state index < -0.39 is 23.9 Å². The number of ether oxygens (including phenoxy) is 6. The van der Waals surface area contributed by atoms with Crippen LogP contribution in [-0.2, 0) is 22.3 Å². The van der Waals surface area contributed by atoms with Crippen LogP contribution in [0.1, 0.15) is 11.1 Å². The number of aliphatic hydroxyl groups is 2. The molecule has 2 N–H and O–H groups in total. The van der Waals surface area contributed by atoms with Gasteiger partial charge in [-0.1, -0.05) is 12.1 Å². The standard InChI is InChI=1S/C22H22O8/c23-21-20-18(7-12-1-3-14-16(5-12)28-10-26-14)25-9-22(20,24)19(30-21)8-13-2-4-15-17(6-13)29-11-27-15/h1-6,18-21,23-24H,7-11H2. The molecular formula is C22H22O8. The zero-order valence-electron chi connectivity index (χ0n) is 16.2. The van der Waals surface area contributed by atoms with E-state index in [4.69, 9.17) is 28.4 Å². The Morgan fingerprint density at radius 2 is 1.43 bits per heavy atom. The van der Waals surface area contributed by atoms with Crippen LogP contribution in [-0.4, -0.2) is 54.5 Å². The van der Waals surface area contributed by atoms with E-state index in [-0.39, 0.29) is 26.3 Å². The van der Waals surface area contributed by atoms with Gasteiger partial charge in [0.25, 0.3) is 0 Å². The van der Waals surface area contributed by atoms with Gasteiger partial charge in [-0.2, -0.15) is 0 Å². The molecule has 0 bridgehead atoms. The van der Waals surface area contributed by atoms with Gasteiger partial charge in [-0.05, 0) is 41.8 Å². The highest BCUT2D eigenvalue weighted by Gasteiger charge is 2.62. The number of aliphatic hydroxyl groups excluding tert-OH is 1. The van der Waals surface area contributed by atoms with E-state index in [1.54, 1.807) is 0 Å². The third-order valence-electron chi connectivity index (χ3n) is 6.41. The van der Waals surface area contributed by atoms with E-state index in [0.717, 1.165) is 16.9 Å². The van der Waals surface area contributed by atoms with Crippen LogP contribution in [0.15, 0.2) is 36.4 Å². The number of fused-ring (bicyclic) bond motifs is 3. The van der Waals surface area contributed by atoms with Crippen molar-refractivity contribution in [1.29, 1.82) is 0 Å². The van der Waals surface area contributed by atoms with Crippen molar-refractivity contribution in [2.45, 2.75) is 36.9 Å². The molecule has 30 heavy (non-hydrogen) atoms. The van der Waals surface area contributed by atoms with Crippen LogP contribution in [0.25, 0.3) is 0 Å². The molecule has 4 aliphatic rings. The lowest BCUT2D eigenvalue weighted by atomic mass is 9.81. The van der Waals surface area contributed by atoms with Gasteiger partial charge in [0, 0.05) is 6.42 Å². The molecule has 0 radical (unpaired) electrons. The maximum absolute atomic E-state index is 11.4. The minimum absolute atomic E-state index is 0.110. The Balaban J connectivity index is 1.20. The number of hydrogen-bond acceptors (Lipinski definition) is 8. The molecule has 8 nitrogen and oxygen atoms in total. The van der Waals surface area contributed by atoms with Crippen LogP contribution in [0, 0.1) is 5.92 Å². The second-order valence-corrected chi connectivity index (χ2v) is 8.17. The highest BCUT2D eigenvalue weighted by molar-refractivity contribution is 5.45. The first-order valence-electron chi connectivity index (χ1n) is 10.0. The smallest absolute Gasteiger partial charge is 0.231 e. The van der Waals surface area contributed by atoms with E-state index in [2.05, 4.69) is 0 Å². The Kier molecular flexibility index (Phi) is 4.11. The van der Waals surface area contributed by atoms with Gasteiger partial charge in [0.15, 0.2) is 29.3 Å². The first-order valence-corrected chi connectivity index (χ1v) is 10.0. The van der Waals surface area contributed by atoms with Crippen molar-refractivity contribution in [1.82, 2.24) is 0 Å². The molecule has 0 aromatic heterocycles. The Morgan fingerprint density at radius 3 is 2.10 bits per heavy atom. The van der Waals surface area contributed by atoms with Crippen LogP contribution in [0.2, 0.25) is 0 Å². The molecule has 2 aromatic rings. The third-order valence-corrected chi connectivity index (χ3v) is 6.41. The van der Waals surface area contributed by atoms with E-state index >= 15 is 0 Å². The lowest BCUT2D eigenvalue weighted by molar-refractivity contribution is -0.136. The van der Waals surface area contributed by atoms with Crippen molar-refractivity contribution >= 4 is 0 Å². The van der Waals surface area contributed by atoms with Gasteiger partial charge in [0.05, 0.1) is 24.7 Å². The number of rotatable bonds is 4. The van der Waals surface area contributed by atoms with Crippen molar-refractivity contribution < 1.29 is 38.6 Å². The average molecular weight is 414 g/mol. The predicted octanol–water partition coefficient (Wildman–Crippen LogP) is 1.39. The summed E-state index contributed by atoms with van der Waals surface area (Å²) in [6.45, 7) is 0.535. The summed E-state index contributed by atoms with van der Waals surface area (Å²) in [7, 11) is 0. The van der Waals surface area contributed by atoms with Gasteiger partial charge in [0.1, 0.15) is 5.60 Å². The molecule has 0 saturated carbocycles. The lowest BCUT2D eigenvalue weighted by Gasteiger charge is -2.26. The molecule has 5 atom stereocenters. The van der Waals surface area contributed by atoms with Crippen LogP contribution in [0.4, 0.5) is 0 Å². The zero-order chi connectivity index (χ0) is 20.3. The molecular weight excluding hydrogens is 392 g/mol. The zero-order valence-corrected chi connectivity index (χ0v) is 16.2. The summed E-state index contributed by atoms with van der Waals surface area (Å²) in [5.74, 6) is 2.26. The molecule has 2 fully saturated rings. The largest absolute Gasteiger partial charge is 0.454 e. The first-order chi connectivity index (χ1) is 14.6. The fourth-order valence-electron chi connectivity index (χ4n) is 4.86. The maximum Gasteiger partial charge on any atom is 0.231 e. The Hall–Kier alpha value is -2.52. The van der Waals surface area contributed by atoms with E-state index in [0.29, 0.717) is 30.1 Å². The summed E-state index contributed by atoms with van der Waals surface area (Å²) in [4.78, 5) is 0. The lowest BCUT2D eigenvalue weighted by Crippen LogP contribution is -2.46. The van der Waals surface area contributed by atoms with Crippen molar-refractivity contribution in [3.63, 3.8) is 0 Å². The molecule has 158 valence electrons. The second kappa shape index (κ2) is 6.75. The first kappa shape index (κ1) is 18.3. The molecule has 6 rings (SSSR count). The highest BCUT2D eigenvalue weighted by Crippen LogP contribution is 2.46. The molecule has 0 spiro atoms. The van der Waals surface area contributed by atoms with E-state index in [9.17, 15) is 10.2 Å². The van der Waals surface area contributed by atoms with Gasteiger partial charge >= 0.3 is 0 Å². The fraction of sp³-hybridized carbons (Fsp3) is 0.455. The van der Waals surface area contributed by atoms with Crippen LogP contribution < -0.4 is 18.9 Å². The van der Waals surface area contributed by atoms with Gasteiger partial charge in [-0.25, -0.2) is 0 Å². The highest BCUT2D eigenvalue weighted by atomic mass is 16.7. The van der Waals surface area contributed by atoms with Gasteiger partial charge in [0.2, 0.25) is 13.6 Å². The van der Waals surface area contributed by atoms with Crippen molar-refractivity contribution in [2.75, 3.05) is 20.2 Å². The summed E-state index contributed by atoms with van der Waals surface area (Å²) >= 11 is 0. The topological polar surface area (TPSA) is 95.8 Å². The molecule has 2 saturated heterocycles. The van der Waals surface area contributed by atoms with Crippen molar-refractivity contribution in [2.24, 2.45) is 5.92 Å². The Labute approximate surface area is 172 Å². The third kappa shape index (κ3) is 2.83. The summed E-state index contributed by atoms with van der Waals surface area (Å²) < 4.78 is 33.3. The summed E-state index contributed by atoms with van der Waals surface area (Å²) in [5, 5.41) is 22.0. The van der Waals surface area contributed by atoms with Gasteiger partial charge in [-0.3, -0.25) is 0 Å². The van der Waals surface area contributed by atoms with E-state index in [1.165, 1.54) is 0 Å². The van der Waals surface area contributed by atoms with Crippen molar-refractivity contribution in [3.05, 3.63) is 47.5 Å². The molecule has 2 aromatic carbocycles. The number of benzene rings is 2. The monoisotopic (exact) mass is 414 g/mol. The van der Waals surface area contributed by atoms with E-state index in [1.807, 2.05) is 36.4 Å². The Morgan fingerprint density at radius 1 is 0.833 bits per heavy atom. The second-order valence-electron chi connectivity index (χ2n) is 8.17. The quantitative estimate of drug-likeness (QED) is 0.775. The summed E-state index contributed by atoms with van der Waals surface area (Å²) in [6.07, 6.45) is -1.09.